The highest BCUT2D eigenvalue weighted by atomic mass is 16.5. The molecule has 0 spiro atoms. The zero-order valence-electron chi connectivity index (χ0n) is 25.5. The third kappa shape index (κ3) is 2.97. The fourth-order valence-corrected chi connectivity index (χ4v) is 10.9. The maximum Gasteiger partial charge on any atom is 0.307 e. The molecular formula is C39H33N2O5. The summed E-state index contributed by atoms with van der Waals surface area (Å²) in [6, 6.07) is 34.3. The molecule has 5 aromatic carbocycles. The van der Waals surface area contributed by atoms with Gasteiger partial charge in [-0.15, -0.1) is 10.3 Å². The van der Waals surface area contributed by atoms with E-state index in [2.05, 4.69) is 35.2 Å². The summed E-state index contributed by atoms with van der Waals surface area (Å²) in [5, 5.41) is 42.6. The molecule has 2 aliphatic heterocycles. The van der Waals surface area contributed by atoms with E-state index in [4.69, 9.17) is 0 Å². The first-order valence-corrected chi connectivity index (χ1v) is 16.0. The molecule has 2 saturated carbocycles. The van der Waals surface area contributed by atoms with Gasteiger partial charge >= 0.3 is 11.9 Å². The fourth-order valence-electron chi connectivity index (χ4n) is 10.9. The highest BCUT2D eigenvalue weighted by Crippen LogP contribution is 2.80. The second-order valence-corrected chi connectivity index (χ2v) is 13.8. The van der Waals surface area contributed by atoms with Crippen molar-refractivity contribution in [3.8, 4) is 0 Å². The first-order chi connectivity index (χ1) is 22.2. The van der Waals surface area contributed by atoms with Gasteiger partial charge in [0.15, 0.2) is 0 Å². The van der Waals surface area contributed by atoms with E-state index in [9.17, 15) is 19.8 Å². The van der Waals surface area contributed by atoms with Gasteiger partial charge < -0.3 is 15.1 Å². The normalized spacial score (nSPS) is 32.2. The van der Waals surface area contributed by atoms with Crippen molar-refractivity contribution in [2.75, 3.05) is 19.0 Å². The number of hydroxylamine groups is 2. The average Bonchev–Trinajstić information content (AvgIpc) is 3.78. The molecule has 1 radical (unpaired) electrons. The van der Waals surface area contributed by atoms with E-state index in [0.717, 1.165) is 49.5 Å². The van der Waals surface area contributed by atoms with Crippen LogP contribution in [0.4, 0.5) is 5.69 Å². The highest BCUT2D eigenvalue weighted by molar-refractivity contribution is 6.13. The second kappa shape index (κ2) is 9.18. The molecule has 2 heterocycles. The van der Waals surface area contributed by atoms with Gasteiger partial charge in [0.05, 0.1) is 11.8 Å². The first kappa shape index (κ1) is 27.6. The summed E-state index contributed by atoms with van der Waals surface area (Å²) in [4.78, 5) is 28.0. The molecular weight excluding hydrogens is 576 g/mol. The van der Waals surface area contributed by atoms with Crippen molar-refractivity contribution < 1.29 is 25.0 Å². The van der Waals surface area contributed by atoms with Gasteiger partial charge in [0.1, 0.15) is 11.1 Å². The van der Waals surface area contributed by atoms with Crippen LogP contribution in [0.5, 0.6) is 0 Å². The Morgan fingerprint density at radius 2 is 1.11 bits per heavy atom. The summed E-state index contributed by atoms with van der Waals surface area (Å²) >= 11 is 0. The van der Waals surface area contributed by atoms with Crippen LogP contribution in [-0.4, -0.2) is 41.3 Å². The molecule has 0 aromatic heterocycles. The van der Waals surface area contributed by atoms with E-state index >= 15 is 5.21 Å². The van der Waals surface area contributed by atoms with E-state index < -0.39 is 58.5 Å². The van der Waals surface area contributed by atoms with Crippen molar-refractivity contribution in [2.24, 2.45) is 35.5 Å². The lowest BCUT2D eigenvalue weighted by atomic mass is 9.52. The average molecular weight is 610 g/mol. The number of carboxylic acids is 2. The zero-order valence-corrected chi connectivity index (χ0v) is 25.5. The summed E-state index contributed by atoms with van der Waals surface area (Å²) in [7, 11) is 4.00. The molecule has 1 saturated heterocycles. The number of carboxylic acid groups (broad SMARTS) is 2. The molecule has 7 nitrogen and oxygen atoms in total. The number of hydrogen-bond acceptors (Lipinski definition) is 4. The van der Waals surface area contributed by atoms with Crippen LogP contribution in [0.15, 0.2) is 103 Å². The third-order valence-corrected chi connectivity index (χ3v) is 12.1. The Balaban J connectivity index is 1.53. The van der Waals surface area contributed by atoms with Gasteiger partial charge in [0.2, 0.25) is 0 Å². The van der Waals surface area contributed by atoms with Crippen molar-refractivity contribution in [2.45, 2.75) is 17.5 Å². The fraction of sp³-hybridized carbons (Fsp3) is 0.282. The molecule has 4 aliphatic rings. The number of benzene rings is 5. The summed E-state index contributed by atoms with van der Waals surface area (Å²) in [5.74, 6) is -6.09. The Hall–Kier alpha value is -4.72. The molecule has 0 amide bonds. The number of aliphatic carboxylic acids is 2. The summed E-state index contributed by atoms with van der Waals surface area (Å²) in [6.45, 7) is 0. The minimum absolute atomic E-state index is 0.403. The van der Waals surface area contributed by atoms with Crippen LogP contribution in [0.2, 0.25) is 0 Å². The van der Waals surface area contributed by atoms with Crippen LogP contribution in [0.25, 0.3) is 21.5 Å². The van der Waals surface area contributed by atoms with Crippen LogP contribution >= 0.6 is 0 Å². The van der Waals surface area contributed by atoms with Crippen LogP contribution in [0.1, 0.15) is 28.7 Å². The number of fused-ring (bicyclic) bond motifs is 17. The minimum Gasteiger partial charge on any atom is -0.481 e. The molecule has 9 rings (SSSR count). The Labute approximate surface area is 266 Å². The highest BCUT2D eigenvalue weighted by Gasteiger charge is 2.84. The van der Waals surface area contributed by atoms with Crippen molar-refractivity contribution in [3.63, 3.8) is 0 Å². The molecule has 5 aromatic rings. The molecule has 2 aliphatic carbocycles. The quantitative estimate of drug-likeness (QED) is 0.221. The SMILES string of the molecule is CN(C)c1ccc2c(c1)c1c(c3ccccc32)C2(c3ccccc3)C3C4CC(C3C1(c1ccccc1)N2[O])[C@@H](C(=O)O)[C@@H]4C(=O)O. The molecule has 4 bridgehead atoms. The van der Waals surface area contributed by atoms with Crippen molar-refractivity contribution in [3.05, 3.63) is 125 Å². The minimum atomic E-state index is -1.24. The number of carbonyl (C=O) groups is 2. The number of nitrogens with zero attached hydrogens (tertiary/aromatic N) is 2. The van der Waals surface area contributed by atoms with Gasteiger partial charge in [0.25, 0.3) is 0 Å². The Kier molecular flexibility index (Phi) is 5.50. The van der Waals surface area contributed by atoms with Gasteiger partial charge in [-0.2, -0.15) is 0 Å². The Bertz CT molecular complexity index is 2100. The smallest absolute Gasteiger partial charge is 0.307 e. The lowest BCUT2D eigenvalue weighted by molar-refractivity contribution is -0.246. The summed E-state index contributed by atoms with van der Waals surface area (Å²) < 4.78 is 0. The monoisotopic (exact) mass is 609 g/mol. The van der Waals surface area contributed by atoms with Gasteiger partial charge in [-0.1, -0.05) is 91.0 Å². The third-order valence-electron chi connectivity index (χ3n) is 12.1. The maximum absolute atomic E-state index is 16.1. The van der Waals surface area contributed by atoms with Gasteiger partial charge in [-0.25, -0.2) is 0 Å². The lowest BCUT2D eigenvalue weighted by Crippen LogP contribution is -2.51. The van der Waals surface area contributed by atoms with E-state index in [-0.39, 0.29) is 0 Å². The molecule has 2 N–H and O–H groups in total. The molecule has 7 heteroatoms. The molecule has 8 atom stereocenters. The second-order valence-electron chi connectivity index (χ2n) is 13.8. The number of anilines is 1. The summed E-state index contributed by atoms with van der Waals surface area (Å²) in [5.41, 5.74) is 2.05. The predicted molar refractivity (Wildman–Crippen MR) is 174 cm³/mol. The standard InChI is InChI=1S/C39H33N2O5/c1-40(2)23-17-18-25-24-15-9-10-16-26(24)32-33(27(25)19-23)39(22-13-7-4-8-14-22)35-29-20-28(30(36(42)43)31(29)37(44)45)34(35)38(32,41(39)46)21-11-5-3-6-12-21/h3-19,28-31,34-35H,20H2,1-2H3,(H,42,43)(H,44,45)/t28?,29?,30-,31-,34?,35?,38?,39?/m1/s1. The largest absolute Gasteiger partial charge is 0.481 e. The topological polar surface area (TPSA) is 101 Å². The Morgan fingerprint density at radius 1 is 0.652 bits per heavy atom. The summed E-state index contributed by atoms with van der Waals surface area (Å²) in [6.07, 6.45) is 0.465. The van der Waals surface area contributed by atoms with E-state index in [1.165, 1.54) is 5.06 Å². The van der Waals surface area contributed by atoms with Gasteiger partial charge in [-0.3, -0.25) is 9.59 Å². The first-order valence-electron chi connectivity index (χ1n) is 16.0. The van der Waals surface area contributed by atoms with Crippen LogP contribution in [0, 0.1) is 35.5 Å². The van der Waals surface area contributed by atoms with Crippen LogP contribution in [-0.2, 0) is 25.9 Å². The lowest BCUT2D eigenvalue weighted by Gasteiger charge is -2.48. The zero-order chi connectivity index (χ0) is 31.7. The van der Waals surface area contributed by atoms with E-state index in [1.807, 2.05) is 86.9 Å². The predicted octanol–water partition coefficient (Wildman–Crippen LogP) is 6.50. The van der Waals surface area contributed by atoms with E-state index in [0.29, 0.717) is 6.42 Å². The Morgan fingerprint density at radius 3 is 1.61 bits per heavy atom. The molecule has 46 heavy (non-hydrogen) atoms. The van der Waals surface area contributed by atoms with Crippen molar-refractivity contribution in [1.82, 2.24) is 5.06 Å². The molecule has 3 fully saturated rings. The van der Waals surface area contributed by atoms with Crippen LogP contribution in [0.3, 0.4) is 0 Å². The van der Waals surface area contributed by atoms with Crippen molar-refractivity contribution in [1.29, 1.82) is 0 Å². The van der Waals surface area contributed by atoms with Crippen LogP contribution < -0.4 is 4.90 Å². The van der Waals surface area contributed by atoms with E-state index in [1.54, 1.807) is 0 Å². The maximum atomic E-state index is 16.1. The van der Waals surface area contributed by atoms with Gasteiger partial charge in [0, 0.05) is 19.8 Å². The number of hydrogen-bond donors (Lipinski definition) is 2. The van der Waals surface area contributed by atoms with Gasteiger partial charge in [-0.05, 0) is 86.0 Å². The number of rotatable bonds is 5. The molecule has 229 valence electrons. The van der Waals surface area contributed by atoms with Crippen molar-refractivity contribution >= 4 is 39.2 Å². The molecule has 6 unspecified atom stereocenters.